The zero-order chi connectivity index (χ0) is 6.69. The van der Waals surface area contributed by atoms with Gasteiger partial charge in [0.2, 0.25) is 0 Å². The van der Waals surface area contributed by atoms with E-state index >= 15 is 0 Å². The summed E-state index contributed by atoms with van der Waals surface area (Å²) in [6, 6.07) is 0. The summed E-state index contributed by atoms with van der Waals surface area (Å²) >= 11 is 1.23. The second-order valence-corrected chi connectivity index (χ2v) is 2.76. The van der Waals surface area contributed by atoms with Gasteiger partial charge >= 0.3 is 0 Å². The largest absolute Gasteiger partial charge is 0.363 e. The van der Waals surface area contributed by atoms with Gasteiger partial charge in [-0.05, 0) is 0 Å². The maximum Gasteiger partial charge on any atom is 0.194 e. The van der Waals surface area contributed by atoms with Gasteiger partial charge in [0.15, 0.2) is 5.12 Å². The average molecular weight is 144 g/mol. The molecule has 0 aromatic rings. The number of ether oxygens (including phenoxy) is 1. The van der Waals surface area contributed by atoms with Gasteiger partial charge < -0.3 is 4.74 Å². The summed E-state index contributed by atoms with van der Waals surface area (Å²) in [6.07, 6.45) is 2.10. The maximum absolute atomic E-state index is 10.7. The first-order valence-electron chi connectivity index (χ1n) is 2.72. The van der Waals surface area contributed by atoms with Crippen molar-refractivity contribution in [2.45, 2.75) is 12.5 Å². The zero-order valence-electron chi connectivity index (χ0n) is 5.00. The van der Waals surface area contributed by atoms with Crippen molar-refractivity contribution >= 4 is 16.9 Å². The highest BCUT2D eigenvalue weighted by atomic mass is 32.2. The van der Waals surface area contributed by atoms with Crippen LogP contribution in [-0.2, 0) is 9.53 Å². The predicted octanol–water partition coefficient (Wildman–Crippen LogP) is 1.18. The second-order valence-electron chi connectivity index (χ2n) is 1.78. The zero-order valence-corrected chi connectivity index (χ0v) is 5.82. The molecular weight excluding hydrogens is 136 g/mol. The van der Waals surface area contributed by atoms with Crippen molar-refractivity contribution in [2.75, 3.05) is 5.94 Å². The van der Waals surface area contributed by atoms with Crippen LogP contribution in [0.5, 0.6) is 0 Å². The van der Waals surface area contributed by atoms with Gasteiger partial charge in [-0.15, -0.1) is 6.58 Å². The van der Waals surface area contributed by atoms with Crippen molar-refractivity contribution in [3.8, 4) is 0 Å². The van der Waals surface area contributed by atoms with Crippen LogP contribution in [0, 0.1) is 0 Å². The van der Waals surface area contributed by atoms with E-state index in [1.165, 1.54) is 11.8 Å². The Morgan fingerprint density at radius 1 is 1.89 bits per heavy atom. The molecule has 0 aromatic carbocycles. The molecule has 2 nitrogen and oxygen atoms in total. The molecule has 9 heavy (non-hydrogen) atoms. The Hall–Kier alpha value is -0.280. The molecule has 0 aliphatic carbocycles. The predicted molar refractivity (Wildman–Crippen MR) is 37.2 cm³/mol. The van der Waals surface area contributed by atoms with E-state index in [1.54, 1.807) is 6.08 Å². The van der Waals surface area contributed by atoms with Crippen LogP contribution in [0.1, 0.15) is 6.42 Å². The van der Waals surface area contributed by atoms with Crippen molar-refractivity contribution in [3.63, 3.8) is 0 Å². The van der Waals surface area contributed by atoms with E-state index in [1.807, 2.05) is 0 Å². The molecule has 1 fully saturated rings. The smallest absolute Gasteiger partial charge is 0.194 e. The van der Waals surface area contributed by atoms with Crippen LogP contribution in [0.4, 0.5) is 0 Å². The molecule has 1 aliphatic heterocycles. The SMILES string of the molecule is C=CC1CC(=O)SCO1. The van der Waals surface area contributed by atoms with Crippen LogP contribution in [0.15, 0.2) is 12.7 Å². The van der Waals surface area contributed by atoms with Gasteiger partial charge in [0, 0.05) is 6.42 Å². The molecule has 1 rings (SSSR count). The van der Waals surface area contributed by atoms with E-state index in [0.29, 0.717) is 12.4 Å². The third-order valence-electron chi connectivity index (χ3n) is 1.13. The van der Waals surface area contributed by atoms with Crippen LogP contribution in [0.25, 0.3) is 0 Å². The van der Waals surface area contributed by atoms with E-state index in [-0.39, 0.29) is 11.2 Å². The molecule has 50 valence electrons. The number of rotatable bonds is 1. The van der Waals surface area contributed by atoms with Crippen molar-refractivity contribution in [1.29, 1.82) is 0 Å². The fraction of sp³-hybridized carbons (Fsp3) is 0.500. The van der Waals surface area contributed by atoms with Gasteiger partial charge in [0.05, 0.1) is 6.10 Å². The third kappa shape index (κ3) is 1.84. The molecule has 3 heteroatoms. The molecular formula is C6H8O2S. The molecule has 1 saturated heterocycles. The van der Waals surface area contributed by atoms with E-state index < -0.39 is 0 Å². The van der Waals surface area contributed by atoms with Gasteiger partial charge in [-0.3, -0.25) is 4.79 Å². The van der Waals surface area contributed by atoms with Crippen LogP contribution < -0.4 is 0 Å². The molecule has 1 aliphatic rings. The molecule has 0 saturated carbocycles. The molecule has 0 spiro atoms. The number of carbonyl (C=O) groups is 1. The second kappa shape index (κ2) is 3.03. The van der Waals surface area contributed by atoms with Crippen LogP contribution in [0.3, 0.4) is 0 Å². The summed E-state index contributed by atoms with van der Waals surface area (Å²) in [6.45, 7) is 3.53. The molecule has 0 aromatic heterocycles. The van der Waals surface area contributed by atoms with Gasteiger partial charge in [0.25, 0.3) is 0 Å². The summed E-state index contributed by atoms with van der Waals surface area (Å²) in [5.74, 6) is 0.482. The van der Waals surface area contributed by atoms with E-state index in [2.05, 4.69) is 6.58 Å². The Kier molecular flexibility index (Phi) is 2.30. The molecule has 0 bridgehead atoms. The normalized spacial score (nSPS) is 28.0. The summed E-state index contributed by atoms with van der Waals surface area (Å²) < 4.78 is 5.12. The van der Waals surface area contributed by atoms with Gasteiger partial charge in [-0.25, -0.2) is 0 Å². The van der Waals surface area contributed by atoms with Gasteiger partial charge in [-0.1, -0.05) is 17.8 Å². The minimum Gasteiger partial charge on any atom is -0.363 e. The quantitative estimate of drug-likeness (QED) is 0.517. The van der Waals surface area contributed by atoms with Crippen molar-refractivity contribution in [3.05, 3.63) is 12.7 Å². The fourth-order valence-corrected chi connectivity index (χ4v) is 1.28. The van der Waals surface area contributed by atoms with E-state index in [4.69, 9.17) is 4.74 Å². The maximum atomic E-state index is 10.7. The van der Waals surface area contributed by atoms with E-state index in [9.17, 15) is 4.79 Å². The Morgan fingerprint density at radius 2 is 2.67 bits per heavy atom. The third-order valence-corrected chi connectivity index (χ3v) is 1.88. The highest BCUT2D eigenvalue weighted by Crippen LogP contribution is 2.17. The lowest BCUT2D eigenvalue weighted by Gasteiger charge is -2.16. The Labute approximate surface area is 58.3 Å². The molecule has 1 unspecified atom stereocenters. The highest BCUT2D eigenvalue weighted by molar-refractivity contribution is 8.13. The topological polar surface area (TPSA) is 26.3 Å². The summed E-state index contributed by atoms with van der Waals surface area (Å²) in [5, 5.41) is 0.200. The molecule has 1 heterocycles. The lowest BCUT2D eigenvalue weighted by Crippen LogP contribution is -2.19. The number of hydrogen-bond donors (Lipinski definition) is 0. The van der Waals surface area contributed by atoms with Crippen LogP contribution in [0.2, 0.25) is 0 Å². The lowest BCUT2D eigenvalue weighted by molar-refractivity contribution is -0.113. The minimum absolute atomic E-state index is 0.0428. The highest BCUT2D eigenvalue weighted by Gasteiger charge is 2.16. The van der Waals surface area contributed by atoms with E-state index in [0.717, 1.165) is 0 Å². The molecule has 0 radical (unpaired) electrons. The number of thioether (sulfide) groups is 1. The Morgan fingerprint density at radius 3 is 3.11 bits per heavy atom. The van der Waals surface area contributed by atoms with Crippen molar-refractivity contribution in [2.24, 2.45) is 0 Å². The first kappa shape index (κ1) is 6.83. The first-order valence-corrected chi connectivity index (χ1v) is 3.71. The Bertz CT molecular complexity index is 133. The minimum atomic E-state index is -0.0428. The monoisotopic (exact) mass is 144 g/mol. The number of carbonyl (C=O) groups excluding carboxylic acids is 1. The van der Waals surface area contributed by atoms with Crippen LogP contribution in [-0.4, -0.2) is 17.2 Å². The summed E-state index contributed by atoms with van der Waals surface area (Å²) in [4.78, 5) is 10.7. The van der Waals surface area contributed by atoms with Crippen molar-refractivity contribution in [1.82, 2.24) is 0 Å². The number of hydrogen-bond acceptors (Lipinski definition) is 3. The van der Waals surface area contributed by atoms with Crippen molar-refractivity contribution < 1.29 is 9.53 Å². The van der Waals surface area contributed by atoms with Gasteiger partial charge in [-0.2, -0.15) is 0 Å². The first-order chi connectivity index (χ1) is 4.33. The summed E-state index contributed by atoms with van der Waals surface area (Å²) in [7, 11) is 0. The molecule has 0 amide bonds. The molecule has 0 N–H and O–H groups in total. The lowest BCUT2D eigenvalue weighted by atomic mass is 10.3. The standard InChI is InChI=1S/C6H8O2S/c1-2-5-3-6(7)9-4-8-5/h2,5H,1,3-4H2. The average Bonchev–Trinajstić information content (AvgIpc) is 1.88. The fourth-order valence-electron chi connectivity index (χ4n) is 0.621. The molecule has 1 atom stereocenters. The van der Waals surface area contributed by atoms with Crippen LogP contribution >= 0.6 is 11.8 Å². The Balaban J connectivity index is 2.40. The summed E-state index contributed by atoms with van der Waals surface area (Å²) in [5.41, 5.74) is 0. The van der Waals surface area contributed by atoms with Gasteiger partial charge in [0.1, 0.15) is 5.94 Å².